The molecule has 0 spiro atoms. The summed E-state index contributed by atoms with van der Waals surface area (Å²) in [5.74, 6) is 0.166. The average molecular weight is 486 g/mol. The van der Waals surface area contributed by atoms with E-state index in [-0.39, 0.29) is 11.8 Å². The Morgan fingerprint density at radius 1 is 1.07 bits per heavy atom. The van der Waals surface area contributed by atoms with E-state index in [0.29, 0.717) is 39.1 Å². The summed E-state index contributed by atoms with van der Waals surface area (Å²) >= 11 is 5.11. The Morgan fingerprint density at radius 2 is 1.87 bits per heavy atom. The molecule has 30 heavy (non-hydrogen) atoms. The summed E-state index contributed by atoms with van der Waals surface area (Å²) in [7, 11) is 0. The van der Waals surface area contributed by atoms with Gasteiger partial charge < -0.3 is 14.7 Å². The molecule has 3 aromatic rings. The lowest BCUT2D eigenvalue weighted by Gasteiger charge is -2.36. The molecule has 1 unspecified atom stereocenters. The van der Waals surface area contributed by atoms with Gasteiger partial charge in [0, 0.05) is 37.2 Å². The highest BCUT2D eigenvalue weighted by atomic mass is 79.9. The van der Waals surface area contributed by atoms with Gasteiger partial charge in [0.1, 0.15) is 22.9 Å². The van der Waals surface area contributed by atoms with Crippen LogP contribution in [0.25, 0.3) is 10.2 Å². The number of carbonyl (C=O) groups excluding carboxylic acids is 2. The van der Waals surface area contributed by atoms with Gasteiger partial charge in [-0.25, -0.2) is 9.97 Å². The minimum absolute atomic E-state index is 0.0578. The van der Waals surface area contributed by atoms with Crippen LogP contribution in [0.4, 0.5) is 11.5 Å². The van der Waals surface area contributed by atoms with Crippen LogP contribution >= 0.6 is 27.3 Å². The molecule has 2 amide bonds. The molecule has 5 rings (SSSR count). The third-order valence-corrected chi connectivity index (χ3v) is 7.27. The van der Waals surface area contributed by atoms with E-state index in [2.05, 4.69) is 30.8 Å². The van der Waals surface area contributed by atoms with Gasteiger partial charge in [-0.2, -0.15) is 0 Å². The Kier molecular flexibility index (Phi) is 5.16. The van der Waals surface area contributed by atoms with Gasteiger partial charge in [0.05, 0.1) is 11.1 Å². The van der Waals surface area contributed by atoms with Crippen LogP contribution in [0.2, 0.25) is 0 Å². The molecule has 0 N–H and O–H groups in total. The van der Waals surface area contributed by atoms with E-state index in [4.69, 9.17) is 0 Å². The first-order valence-electron chi connectivity index (χ1n) is 9.91. The molecule has 1 atom stereocenters. The third-order valence-electron chi connectivity index (χ3n) is 5.78. The number of piperazine rings is 1. The fourth-order valence-electron chi connectivity index (χ4n) is 4.21. The van der Waals surface area contributed by atoms with Crippen molar-refractivity contribution >= 4 is 60.8 Å². The van der Waals surface area contributed by atoms with Crippen molar-refractivity contribution in [3.05, 3.63) is 46.5 Å². The standard InChI is InChI=1S/C21H20BrN5O2S/c22-16-3-1-2-4-17(16)27-7-5-15(21(27)29)20(28)26-10-8-25(9-11-26)18-14-6-12-30-19(14)24-13-23-18/h1-4,6,12-13,15H,5,7-11H2. The largest absolute Gasteiger partial charge is 0.352 e. The first-order valence-corrected chi connectivity index (χ1v) is 11.6. The number of benzene rings is 1. The second-order valence-corrected chi connectivity index (χ2v) is 9.18. The van der Waals surface area contributed by atoms with Crippen LogP contribution in [0.3, 0.4) is 0 Å². The number of fused-ring (bicyclic) bond motifs is 1. The number of rotatable bonds is 3. The predicted octanol–water partition coefficient (Wildman–Crippen LogP) is 3.16. The van der Waals surface area contributed by atoms with Gasteiger partial charge in [-0.15, -0.1) is 11.3 Å². The van der Waals surface area contributed by atoms with Crippen LogP contribution in [-0.4, -0.2) is 59.4 Å². The lowest BCUT2D eigenvalue weighted by atomic mass is 10.1. The number of anilines is 2. The van der Waals surface area contributed by atoms with Gasteiger partial charge in [0.15, 0.2) is 0 Å². The molecule has 0 aliphatic carbocycles. The Labute approximate surface area is 186 Å². The number of thiophene rings is 1. The van der Waals surface area contributed by atoms with E-state index in [0.717, 1.165) is 26.2 Å². The maximum absolute atomic E-state index is 13.1. The number of para-hydroxylation sites is 1. The molecule has 0 saturated carbocycles. The van der Waals surface area contributed by atoms with Crippen LogP contribution in [0.5, 0.6) is 0 Å². The molecular formula is C21H20BrN5O2S. The van der Waals surface area contributed by atoms with Crippen molar-refractivity contribution in [2.75, 3.05) is 42.5 Å². The Balaban J connectivity index is 1.26. The molecule has 9 heteroatoms. The summed E-state index contributed by atoms with van der Waals surface area (Å²) in [6.45, 7) is 3.14. The first-order chi connectivity index (χ1) is 14.6. The van der Waals surface area contributed by atoms with Gasteiger partial charge in [-0.3, -0.25) is 9.59 Å². The van der Waals surface area contributed by atoms with Gasteiger partial charge in [0.2, 0.25) is 11.8 Å². The van der Waals surface area contributed by atoms with Crippen LogP contribution in [0, 0.1) is 5.92 Å². The van der Waals surface area contributed by atoms with E-state index in [9.17, 15) is 9.59 Å². The van der Waals surface area contributed by atoms with Crippen molar-refractivity contribution in [3.8, 4) is 0 Å². The minimum atomic E-state index is -0.591. The van der Waals surface area contributed by atoms with Crippen molar-refractivity contribution < 1.29 is 9.59 Å². The molecule has 0 bridgehead atoms. The van der Waals surface area contributed by atoms with Crippen molar-refractivity contribution in [2.24, 2.45) is 5.92 Å². The molecule has 2 aliphatic heterocycles. The molecule has 2 aliphatic rings. The number of halogens is 1. The fraction of sp³-hybridized carbons (Fsp3) is 0.333. The maximum atomic E-state index is 13.1. The summed E-state index contributed by atoms with van der Waals surface area (Å²) < 4.78 is 0.865. The topological polar surface area (TPSA) is 69.6 Å². The molecule has 4 heterocycles. The van der Waals surface area contributed by atoms with Crippen LogP contribution in [0.15, 0.2) is 46.5 Å². The third kappa shape index (κ3) is 3.35. The second kappa shape index (κ2) is 7.96. The van der Waals surface area contributed by atoms with Crippen molar-refractivity contribution in [1.82, 2.24) is 14.9 Å². The normalized spacial score (nSPS) is 19.7. The van der Waals surface area contributed by atoms with E-state index < -0.39 is 5.92 Å². The molecule has 7 nitrogen and oxygen atoms in total. The smallest absolute Gasteiger partial charge is 0.239 e. The summed E-state index contributed by atoms with van der Waals surface area (Å²) in [5, 5.41) is 3.07. The zero-order chi connectivity index (χ0) is 20.7. The summed E-state index contributed by atoms with van der Waals surface area (Å²) in [4.78, 5) is 41.6. The van der Waals surface area contributed by atoms with Gasteiger partial charge in [0.25, 0.3) is 0 Å². The highest BCUT2D eigenvalue weighted by Gasteiger charge is 2.40. The van der Waals surface area contributed by atoms with Crippen LogP contribution in [0.1, 0.15) is 6.42 Å². The number of hydrogen-bond donors (Lipinski definition) is 0. The van der Waals surface area contributed by atoms with E-state index in [1.807, 2.05) is 40.6 Å². The quantitative estimate of drug-likeness (QED) is 0.532. The highest BCUT2D eigenvalue weighted by molar-refractivity contribution is 9.10. The Morgan fingerprint density at radius 3 is 2.67 bits per heavy atom. The van der Waals surface area contributed by atoms with Gasteiger partial charge in [-0.05, 0) is 45.9 Å². The summed E-state index contributed by atoms with van der Waals surface area (Å²) in [6, 6.07) is 9.67. The van der Waals surface area contributed by atoms with Crippen molar-refractivity contribution in [2.45, 2.75) is 6.42 Å². The number of carbonyl (C=O) groups is 2. The van der Waals surface area contributed by atoms with Crippen molar-refractivity contribution in [3.63, 3.8) is 0 Å². The molecule has 2 fully saturated rings. The second-order valence-electron chi connectivity index (χ2n) is 7.43. The monoisotopic (exact) mass is 485 g/mol. The van der Waals surface area contributed by atoms with Gasteiger partial charge in [-0.1, -0.05) is 12.1 Å². The number of amides is 2. The zero-order valence-corrected chi connectivity index (χ0v) is 18.6. The minimum Gasteiger partial charge on any atom is -0.352 e. The van der Waals surface area contributed by atoms with Gasteiger partial charge >= 0.3 is 0 Å². The van der Waals surface area contributed by atoms with E-state index >= 15 is 0 Å². The number of nitrogens with zero attached hydrogens (tertiary/aromatic N) is 5. The molecule has 2 aromatic heterocycles. The molecule has 154 valence electrons. The van der Waals surface area contributed by atoms with E-state index in [1.165, 1.54) is 0 Å². The van der Waals surface area contributed by atoms with E-state index in [1.54, 1.807) is 22.6 Å². The average Bonchev–Trinajstić information content (AvgIpc) is 3.40. The zero-order valence-electron chi connectivity index (χ0n) is 16.2. The maximum Gasteiger partial charge on any atom is 0.239 e. The molecule has 1 aromatic carbocycles. The highest BCUT2D eigenvalue weighted by Crippen LogP contribution is 2.32. The summed E-state index contributed by atoms with van der Waals surface area (Å²) in [6.07, 6.45) is 2.15. The predicted molar refractivity (Wildman–Crippen MR) is 121 cm³/mol. The van der Waals surface area contributed by atoms with Crippen LogP contribution < -0.4 is 9.80 Å². The molecular weight excluding hydrogens is 466 g/mol. The SMILES string of the molecule is O=C(C1CCN(c2ccccc2Br)C1=O)N1CCN(c2ncnc3sccc23)CC1. The lowest BCUT2D eigenvalue weighted by Crippen LogP contribution is -2.51. The molecule has 0 radical (unpaired) electrons. The number of hydrogen-bond acceptors (Lipinski definition) is 6. The molecule has 2 saturated heterocycles. The summed E-state index contributed by atoms with van der Waals surface area (Å²) in [5.41, 5.74) is 0.825. The lowest BCUT2D eigenvalue weighted by molar-refractivity contribution is -0.140. The first kappa shape index (κ1) is 19.4. The van der Waals surface area contributed by atoms with Crippen molar-refractivity contribution in [1.29, 1.82) is 0 Å². The fourth-order valence-corrected chi connectivity index (χ4v) is 5.43. The van der Waals surface area contributed by atoms with Crippen LogP contribution in [-0.2, 0) is 9.59 Å². The Hall–Kier alpha value is -2.52. The Bertz CT molecular complexity index is 1110. The number of aromatic nitrogens is 2.